The molecular weight excluding hydrogens is 510 g/mol. The Hall–Kier alpha value is -4.24. The average Bonchev–Trinajstić information content (AvgIpc) is 3.39. The molecule has 202 valence electrons. The van der Waals surface area contributed by atoms with Crippen LogP contribution in [-0.2, 0) is 4.79 Å². The molecule has 0 radical (unpaired) electrons. The van der Waals surface area contributed by atoms with Gasteiger partial charge in [0.05, 0.1) is 18.5 Å². The third-order valence-electron chi connectivity index (χ3n) is 6.11. The molecular formula is C30H33N5O3S. The lowest BCUT2D eigenvalue weighted by Gasteiger charge is -2.22. The summed E-state index contributed by atoms with van der Waals surface area (Å²) in [5.41, 5.74) is 3.10. The highest BCUT2D eigenvalue weighted by Gasteiger charge is 2.20. The summed E-state index contributed by atoms with van der Waals surface area (Å²) in [6.07, 6.45) is 3.69. The van der Waals surface area contributed by atoms with Gasteiger partial charge in [0.2, 0.25) is 5.91 Å². The molecule has 9 heteroatoms. The SMILES string of the molecule is CCCCN(CC(=O)Nc1cc(-c2ccccc2)nn1-c1ccc(OC)cc1)C(=O)Nc1ccc(SC)cc1. The Morgan fingerprint density at radius 1 is 0.974 bits per heavy atom. The zero-order chi connectivity index (χ0) is 27.6. The maximum Gasteiger partial charge on any atom is 0.322 e. The molecule has 1 aromatic heterocycles. The summed E-state index contributed by atoms with van der Waals surface area (Å²) in [6, 6.07) is 26.3. The van der Waals surface area contributed by atoms with E-state index in [-0.39, 0.29) is 18.5 Å². The van der Waals surface area contributed by atoms with Crippen molar-refractivity contribution in [2.75, 3.05) is 37.1 Å². The molecule has 3 aromatic carbocycles. The van der Waals surface area contributed by atoms with Crippen LogP contribution in [0.3, 0.4) is 0 Å². The van der Waals surface area contributed by atoms with E-state index >= 15 is 0 Å². The summed E-state index contributed by atoms with van der Waals surface area (Å²) in [6.45, 7) is 2.42. The van der Waals surface area contributed by atoms with E-state index in [0.717, 1.165) is 40.4 Å². The van der Waals surface area contributed by atoms with Gasteiger partial charge in [-0.25, -0.2) is 9.48 Å². The van der Waals surface area contributed by atoms with Crippen molar-refractivity contribution in [2.45, 2.75) is 24.7 Å². The minimum absolute atomic E-state index is 0.0941. The van der Waals surface area contributed by atoms with Gasteiger partial charge in [-0.2, -0.15) is 5.10 Å². The van der Waals surface area contributed by atoms with Crippen molar-refractivity contribution in [1.82, 2.24) is 14.7 Å². The van der Waals surface area contributed by atoms with Gasteiger partial charge in [-0.1, -0.05) is 43.7 Å². The van der Waals surface area contributed by atoms with Gasteiger partial charge in [-0.05, 0) is 61.2 Å². The van der Waals surface area contributed by atoms with Crippen molar-refractivity contribution in [3.05, 3.63) is 84.9 Å². The quantitative estimate of drug-likeness (QED) is 0.210. The molecule has 0 bridgehead atoms. The van der Waals surface area contributed by atoms with Gasteiger partial charge in [-0.3, -0.25) is 4.79 Å². The van der Waals surface area contributed by atoms with Crippen LogP contribution in [0.5, 0.6) is 5.75 Å². The fraction of sp³-hybridized carbons (Fsp3) is 0.233. The number of urea groups is 1. The van der Waals surface area contributed by atoms with Crippen molar-refractivity contribution in [2.24, 2.45) is 0 Å². The molecule has 0 atom stereocenters. The van der Waals surface area contributed by atoms with Gasteiger partial charge in [0.25, 0.3) is 0 Å². The molecule has 0 fully saturated rings. The lowest BCUT2D eigenvalue weighted by molar-refractivity contribution is -0.116. The Bertz CT molecular complexity index is 1370. The number of carbonyl (C=O) groups is 2. The number of methoxy groups -OCH3 is 1. The molecule has 1 heterocycles. The van der Waals surface area contributed by atoms with E-state index in [1.807, 2.05) is 91.2 Å². The fourth-order valence-electron chi connectivity index (χ4n) is 3.97. The summed E-state index contributed by atoms with van der Waals surface area (Å²) in [7, 11) is 1.61. The van der Waals surface area contributed by atoms with E-state index in [9.17, 15) is 9.59 Å². The number of unbranched alkanes of at least 4 members (excludes halogenated alkanes) is 1. The number of benzene rings is 3. The lowest BCUT2D eigenvalue weighted by Crippen LogP contribution is -2.41. The van der Waals surface area contributed by atoms with Gasteiger partial charge in [0.15, 0.2) is 0 Å². The number of carbonyl (C=O) groups excluding carboxylic acids is 2. The molecule has 0 aliphatic heterocycles. The van der Waals surface area contributed by atoms with Crippen LogP contribution in [0.4, 0.5) is 16.3 Å². The van der Waals surface area contributed by atoms with Crippen LogP contribution in [-0.4, -0.2) is 53.1 Å². The van der Waals surface area contributed by atoms with Crippen LogP contribution < -0.4 is 15.4 Å². The first kappa shape index (κ1) is 27.8. The molecule has 3 amide bonds. The fourth-order valence-corrected chi connectivity index (χ4v) is 4.38. The number of anilines is 2. The van der Waals surface area contributed by atoms with Crippen LogP contribution in [0.25, 0.3) is 16.9 Å². The van der Waals surface area contributed by atoms with E-state index in [4.69, 9.17) is 9.84 Å². The van der Waals surface area contributed by atoms with Crippen LogP contribution in [0, 0.1) is 0 Å². The Kier molecular flexibility index (Phi) is 9.64. The first-order valence-electron chi connectivity index (χ1n) is 12.8. The number of aromatic nitrogens is 2. The number of rotatable bonds is 11. The zero-order valence-corrected chi connectivity index (χ0v) is 23.2. The largest absolute Gasteiger partial charge is 0.497 e. The Morgan fingerprint density at radius 3 is 2.33 bits per heavy atom. The summed E-state index contributed by atoms with van der Waals surface area (Å²) in [4.78, 5) is 29.0. The van der Waals surface area contributed by atoms with Gasteiger partial charge < -0.3 is 20.3 Å². The van der Waals surface area contributed by atoms with Crippen LogP contribution >= 0.6 is 11.8 Å². The van der Waals surface area contributed by atoms with E-state index < -0.39 is 0 Å². The molecule has 0 spiro atoms. The third kappa shape index (κ3) is 7.42. The molecule has 0 saturated carbocycles. The molecule has 39 heavy (non-hydrogen) atoms. The van der Waals surface area contributed by atoms with Crippen molar-refractivity contribution in [3.63, 3.8) is 0 Å². The van der Waals surface area contributed by atoms with Gasteiger partial charge in [0.1, 0.15) is 18.1 Å². The number of nitrogens with zero attached hydrogens (tertiary/aromatic N) is 3. The van der Waals surface area contributed by atoms with Crippen molar-refractivity contribution in [1.29, 1.82) is 0 Å². The van der Waals surface area contributed by atoms with Gasteiger partial charge in [0, 0.05) is 28.8 Å². The third-order valence-corrected chi connectivity index (χ3v) is 6.85. The molecule has 0 saturated heterocycles. The zero-order valence-electron chi connectivity index (χ0n) is 22.4. The smallest absolute Gasteiger partial charge is 0.322 e. The first-order chi connectivity index (χ1) is 19.0. The topological polar surface area (TPSA) is 88.5 Å². The summed E-state index contributed by atoms with van der Waals surface area (Å²) in [5.74, 6) is 0.918. The van der Waals surface area contributed by atoms with Gasteiger partial charge >= 0.3 is 6.03 Å². The highest BCUT2D eigenvalue weighted by Crippen LogP contribution is 2.26. The number of ether oxygens (including phenoxy) is 1. The summed E-state index contributed by atoms with van der Waals surface area (Å²) < 4.78 is 6.97. The minimum Gasteiger partial charge on any atom is -0.497 e. The number of thioether (sulfide) groups is 1. The number of hydrogen-bond acceptors (Lipinski definition) is 5. The number of nitrogens with one attached hydrogen (secondary N) is 2. The van der Waals surface area contributed by atoms with Gasteiger partial charge in [-0.15, -0.1) is 11.8 Å². The average molecular weight is 544 g/mol. The lowest BCUT2D eigenvalue weighted by atomic mass is 10.1. The molecule has 0 unspecified atom stereocenters. The first-order valence-corrected chi connectivity index (χ1v) is 14.0. The van der Waals surface area contributed by atoms with Crippen LogP contribution in [0.15, 0.2) is 89.8 Å². The minimum atomic E-state index is -0.316. The predicted molar refractivity (Wildman–Crippen MR) is 158 cm³/mol. The molecule has 0 aliphatic carbocycles. The predicted octanol–water partition coefficient (Wildman–Crippen LogP) is 6.54. The van der Waals surface area contributed by atoms with E-state index in [2.05, 4.69) is 17.6 Å². The summed E-state index contributed by atoms with van der Waals surface area (Å²) >= 11 is 1.64. The maximum atomic E-state index is 13.3. The van der Waals surface area contributed by atoms with Crippen molar-refractivity contribution < 1.29 is 14.3 Å². The Labute approximate surface area is 233 Å². The molecule has 0 aliphatic rings. The standard InChI is InChI=1S/C30H33N5O3S/c1-4-5-19-34(30(37)31-23-11-17-26(39-3)18-12-23)21-29(36)32-28-20-27(22-9-7-6-8-10-22)33-35(28)24-13-15-25(38-2)16-14-24/h6-18,20H,4-5,19,21H2,1-3H3,(H,31,37)(H,32,36). The second-order valence-electron chi connectivity index (χ2n) is 8.87. The second kappa shape index (κ2) is 13.5. The van der Waals surface area contributed by atoms with Crippen molar-refractivity contribution in [3.8, 4) is 22.7 Å². The van der Waals surface area contributed by atoms with E-state index in [1.54, 1.807) is 23.6 Å². The summed E-state index contributed by atoms with van der Waals surface area (Å²) in [5, 5.41) is 10.6. The maximum absolute atomic E-state index is 13.3. The Balaban J connectivity index is 1.54. The normalized spacial score (nSPS) is 10.6. The van der Waals surface area contributed by atoms with Crippen molar-refractivity contribution >= 4 is 35.2 Å². The second-order valence-corrected chi connectivity index (χ2v) is 9.75. The molecule has 8 nitrogen and oxygen atoms in total. The highest BCUT2D eigenvalue weighted by molar-refractivity contribution is 7.98. The van der Waals surface area contributed by atoms with E-state index in [1.165, 1.54) is 4.90 Å². The molecule has 4 aromatic rings. The monoisotopic (exact) mass is 543 g/mol. The van der Waals surface area contributed by atoms with Crippen LogP contribution in [0.1, 0.15) is 19.8 Å². The van der Waals surface area contributed by atoms with Crippen LogP contribution in [0.2, 0.25) is 0 Å². The number of amides is 3. The molecule has 4 rings (SSSR count). The highest BCUT2D eigenvalue weighted by atomic mass is 32.2. The van der Waals surface area contributed by atoms with E-state index in [0.29, 0.717) is 18.1 Å². The number of hydrogen-bond donors (Lipinski definition) is 2. The Morgan fingerprint density at radius 2 is 1.69 bits per heavy atom. The molecule has 2 N–H and O–H groups in total.